The molecule has 3 nitrogen and oxygen atoms in total. The minimum Gasteiger partial charge on any atom is -0.478 e. The lowest BCUT2D eigenvalue weighted by molar-refractivity contribution is 0.294. The fourth-order valence-electron chi connectivity index (χ4n) is 2.12. The van der Waals surface area contributed by atoms with Crippen molar-refractivity contribution in [1.29, 1.82) is 0 Å². The number of rotatable bonds is 6. The van der Waals surface area contributed by atoms with Gasteiger partial charge in [-0.3, -0.25) is 0 Å². The van der Waals surface area contributed by atoms with E-state index >= 15 is 0 Å². The van der Waals surface area contributed by atoms with Crippen molar-refractivity contribution in [2.24, 2.45) is 0 Å². The zero-order chi connectivity index (χ0) is 12.1. The van der Waals surface area contributed by atoms with Gasteiger partial charge in [-0.25, -0.2) is 4.98 Å². The van der Waals surface area contributed by atoms with Crippen LogP contribution in [0.3, 0.4) is 0 Å². The Labute approximate surface area is 104 Å². The molecule has 17 heavy (non-hydrogen) atoms. The smallest absolute Gasteiger partial charge is 0.213 e. The SMILES string of the molecule is CC(C)NCCCOc1ccc2c(n1)CCC2. The van der Waals surface area contributed by atoms with Gasteiger partial charge >= 0.3 is 0 Å². The molecule has 1 aliphatic rings. The van der Waals surface area contributed by atoms with Crippen molar-refractivity contribution in [2.75, 3.05) is 13.2 Å². The summed E-state index contributed by atoms with van der Waals surface area (Å²) in [5, 5.41) is 3.37. The standard InChI is InChI=1S/C14H22N2O/c1-11(2)15-9-4-10-17-14-8-7-12-5-3-6-13(12)16-14/h7-8,11,15H,3-6,9-10H2,1-2H3. The highest BCUT2D eigenvalue weighted by atomic mass is 16.5. The van der Waals surface area contributed by atoms with Gasteiger partial charge in [0, 0.05) is 17.8 Å². The molecule has 0 radical (unpaired) electrons. The Kier molecular flexibility index (Phi) is 4.37. The molecule has 0 spiro atoms. The van der Waals surface area contributed by atoms with Gasteiger partial charge in [0.25, 0.3) is 0 Å². The van der Waals surface area contributed by atoms with E-state index in [9.17, 15) is 0 Å². The van der Waals surface area contributed by atoms with Gasteiger partial charge in [0.05, 0.1) is 6.61 Å². The predicted molar refractivity (Wildman–Crippen MR) is 69.5 cm³/mol. The number of hydrogen-bond donors (Lipinski definition) is 1. The van der Waals surface area contributed by atoms with Crippen molar-refractivity contribution in [3.63, 3.8) is 0 Å². The molecular weight excluding hydrogens is 212 g/mol. The Morgan fingerprint density at radius 2 is 2.24 bits per heavy atom. The van der Waals surface area contributed by atoms with Crippen LogP contribution in [-0.2, 0) is 12.8 Å². The van der Waals surface area contributed by atoms with Crippen LogP contribution in [0.1, 0.15) is 37.9 Å². The second kappa shape index (κ2) is 6.01. The molecule has 3 heteroatoms. The molecule has 1 heterocycles. The Hall–Kier alpha value is -1.09. The minimum atomic E-state index is 0.549. The molecule has 0 aliphatic heterocycles. The van der Waals surface area contributed by atoms with Crippen molar-refractivity contribution < 1.29 is 4.74 Å². The average Bonchev–Trinajstić information content (AvgIpc) is 2.75. The average molecular weight is 234 g/mol. The lowest BCUT2D eigenvalue weighted by Gasteiger charge is -2.09. The highest BCUT2D eigenvalue weighted by Gasteiger charge is 2.12. The summed E-state index contributed by atoms with van der Waals surface area (Å²) >= 11 is 0. The zero-order valence-corrected chi connectivity index (χ0v) is 10.8. The van der Waals surface area contributed by atoms with Gasteiger partial charge in [0.15, 0.2) is 0 Å². The molecule has 2 rings (SSSR count). The molecule has 1 aromatic rings. The van der Waals surface area contributed by atoms with Crippen LogP contribution < -0.4 is 10.1 Å². The third-order valence-corrected chi connectivity index (χ3v) is 3.03. The molecule has 0 unspecified atom stereocenters. The van der Waals surface area contributed by atoms with E-state index in [1.54, 1.807) is 0 Å². The molecule has 1 N–H and O–H groups in total. The van der Waals surface area contributed by atoms with Crippen LogP contribution in [-0.4, -0.2) is 24.2 Å². The van der Waals surface area contributed by atoms with E-state index in [0.29, 0.717) is 6.04 Å². The van der Waals surface area contributed by atoms with E-state index in [1.165, 1.54) is 24.1 Å². The molecule has 0 amide bonds. The Morgan fingerprint density at radius 1 is 1.35 bits per heavy atom. The molecule has 0 aromatic carbocycles. The number of hydrogen-bond acceptors (Lipinski definition) is 3. The van der Waals surface area contributed by atoms with E-state index in [-0.39, 0.29) is 0 Å². The largest absolute Gasteiger partial charge is 0.478 e. The first-order chi connectivity index (χ1) is 8.25. The Balaban J connectivity index is 1.72. The van der Waals surface area contributed by atoms with Gasteiger partial charge in [-0.1, -0.05) is 19.9 Å². The van der Waals surface area contributed by atoms with Crippen LogP contribution in [0, 0.1) is 0 Å². The number of ether oxygens (including phenoxy) is 1. The van der Waals surface area contributed by atoms with Crippen molar-refractivity contribution in [3.8, 4) is 5.88 Å². The number of nitrogens with one attached hydrogen (secondary N) is 1. The third-order valence-electron chi connectivity index (χ3n) is 3.03. The zero-order valence-electron chi connectivity index (χ0n) is 10.8. The fourth-order valence-corrected chi connectivity index (χ4v) is 2.12. The predicted octanol–water partition coefficient (Wildman–Crippen LogP) is 2.34. The van der Waals surface area contributed by atoms with Crippen LogP contribution in [0.2, 0.25) is 0 Å². The summed E-state index contributed by atoms with van der Waals surface area (Å²) in [6.07, 6.45) is 4.56. The first-order valence-corrected chi connectivity index (χ1v) is 6.60. The Morgan fingerprint density at radius 3 is 3.06 bits per heavy atom. The topological polar surface area (TPSA) is 34.1 Å². The van der Waals surface area contributed by atoms with E-state index in [1.807, 2.05) is 6.07 Å². The molecule has 94 valence electrons. The van der Waals surface area contributed by atoms with Crippen LogP contribution in [0.15, 0.2) is 12.1 Å². The lowest BCUT2D eigenvalue weighted by Crippen LogP contribution is -2.24. The monoisotopic (exact) mass is 234 g/mol. The summed E-state index contributed by atoms with van der Waals surface area (Å²) in [5.41, 5.74) is 2.64. The molecule has 0 fully saturated rings. The highest BCUT2D eigenvalue weighted by Crippen LogP contribution is 2.22. The van der Waals surface area contributed by atoms with E-state index in [0.717, 1.165) is 31.9 Å². The molecular formula is C14H22N2O. The van der Waals surface area contributed by atoms with E-state index in [2.05, 4.69) is 30.2 Å². The molecule has 0 atom stereocenters. The summed E-state index contributed by atoms with van der Waals surface area (Å²) in [5.74, 6) is 0.787. The van der Waals surface area contributed by atoms with Crippen molar-refractivity contribution in [3.05, 3.63) is 23.4 Å². The van der Waals surface area contributed by atoms with Crippen molar-refractivity contribution in [2.45, 2.75) is 45.6 Å². The summed E-state index contributed by atoms with van der Waals surface area (Å²) in [7, 11) is 0. The van der Waals surface area contributed by atoms with Gasteiger partial charge in [0.2, 0.25) is 5.88 Å². The first-order valence-electron chi connectivity index (χ1n) is 6.60. The number of fused-ring (bicyclic) bond motifs is 1. The molecule has 0 bridgehead atoms. The number of nitrogens with zero attached hydrogens (tertiary/aromatic N) is 1. The van der Waals surface area contributed by atoms with Crippen LogP contribution >= 0.6 is 0 Å². The van der Waals surface area contributed by atoms with Gasteiger partial charge in [-0.15, -0.1) is 0 Å². The van der Waals surface area contributed by atoms with Crippen LogP contribution in [0.5, 0.6) is 5.88 Å². The van der Waals surface area contributed by atoms with E-state index < -0.39 is 0 Å². The van der Waals surface area contributed by atoms with Crippen LogP contribution in [0.4, 0.5) is 0 Å². The maximum absolute atomic E-state index is 5.66. The van der Waals surface area contributed by atoms with Gasteiger partial charge < -0.3 is 10.1 Å². The van der Waals surface area contributed by atoms with Crippen LogP contribution in [0.25, 0.3) is 0 Å². The number of aromatic nitrogens is 1. The normalized spacial score (nSPS) is 14.1. The number of pyridine rings is 1. The second-order valence-corrected chi connectivity index (χ2v) is 4.92. The Bertz CT molecular complexity index is 363. The minimum absolute atomic E-state index is 0.549. The number of aryl methyl sites for hydroxylation is 2. The van der Waals surface area contributed by atoms with Gasteiger partial charge in [-0.05, 0) is 37.8 Å². The second-order valence-electron chi connectivity index (χ2n) is 4.92. The maximum atomic E-state index is 5.66. The van der Waals surface area contributed by atoms with E-state index in [4.69, 9.17) is 4.74 Å². The van der Waals surface area contributed by atoms with Crippen molar-refractivity contribution in [1.82, 2.24) is 10.3 Å². The summed E-state index contributed by atoms with van der Waals surface area (Å²) < 4.78 is 5.66. The highest BCUT2D eigenvalue weighted by molar-refractivity contribution is 5.29. The molecule has 1 aromatic heterocycles. The lowest BCUT2D eigenvalue weighted by atomic mass is 10.2. The third kappa shape index (κ3) is 3.70. The van der Waals surface area contributed by atoms with Crippen molar-refractivity contribution >= 4 is 0 Å². The summed E-state index contributed by atoms with van der Waals surface area (Å²) in [4.78, 5) is 4.54. The van der Waals surface area contributed by atoms with Gasteiger partial charge in [-0.2, -0.15) is 0 Å². The molecule has 0 saturated heterocycles. The molecule has 0 saturated carbocycles. The fraction of sp³-hybridized carbons (Fsp3) is 0.643. The summed E-state index contributed by atoms with van der Waals surface area (Å²) in [6, 6.07) is 4.71. The van der Waals surface area contributed by atoms with Gasteiger partial charge in [0.1, 0.15) is 0 Å². The summed E-state index contributed by atoms with van der Waals surface area (Å²) in [6.45, 7) is 6.06. The quantitative estimate of drug-likeness (QED) is 0.767. The maximum Gasteiger partial charge on any atom is 0.213 e. The first kappa shape index (κ1) is 12.4. The molecule has 1 aliphatic carbocycles.